The largest absolute Gasteiger partial charge is 0.457 e. The number of nitrogens with zero attached hydrogens (tertiary/aromatic N) is 4. The summed E-state index contributed by atoms with van der Waals surface area (Å²) in [5, 5.41) is 10.3. The quantitative estimate of drug-likeness (QED) is 0.234. The van der Waals surface area contributed by atoms with Crippen LogP contribution in [-0.4, -0.2) is 43.4 Å². The van der Waals surface area contributed by atoms with Crippen molar-refractivity contribution in [2.45, 2.75) is 50.4 Å². The summed E-state index contributed by atoms with van der Waals surface area (Å²) in [7, 11) is 0. The van der Waals surface area contributed by atoms with Gasteiger partial charge in [-0.2, -0.15) is 0 Å². The average molecular weight is 533 g/mol. The van der Waals surface area contributed by atoms with Gasteiger partial charge in [0, 0.05) is 28.4 Å². The highest BCUT2D eigenvalue weighted by Crippen LogP contribution is 2.31. The molecule has 0 aliphatic carbocycles. The van der Waals surface area contributed by atoms with Gasteiger partial charge in [0.2, 0.25) is 5.91 Å². The van der Waals surface area contributed by atoms with Gasteiger partial charge in [-0.15, -0.1) is 10.2 Å². The van der Waals surface area contributed by atoms with Crippen LogP contribution < -0.4 is 4.74 Å². The first-order valence-electron chi connectivity index (χ1n) is 12.5. The highest BCUT2D eigenvalue weighted by Gasteiger charge is 2.29. The number of aromatic nitrogens is 3. The molecule has 1 saturated heterocycles. The van der Waals surface area contributed by atoms with Crippen molar-refractivity contribution in [2.24, 2.45) is 0 Å². The van der Waals surface area contributed by atoms with Crippen molar-refractivity contribution < 1.29 is 9.53 Å². The monoisotopic (exact) mass is 532 g/mol. The van der Waals surface area contributed by atoms with E-state index < -0.39 is 0 Å². The van der Waals surface area contributed by atoms with Crippen molar-refractivity contribution in [1.29, 1.82) is 0 Å². The average Bonchev–Trinajstić information content (AvgIpc) is 3.33. The van der Waals surface area contributed by atoms with Crippen LogP contribution in [0.25, 0.3) is 17.1 Å². The van der Waals surface area contributed by atoms with Crippen molar-refractivity contribution in [2.75, 3.05) is 5.75 Å². The molecule has 3 aromatic carbocycles. The van der Waals surface area contributed by atoms with E-state index in [9.17, 15) is 4.79 Å². The van der Waals surface area contributed by atoms with Gasteiger partial charge in [-0.3, -0.25) is 9.36 Å². The van der Waals surface area contributed by atoms with Gasteiger partial charge in [0.15, 0.2) is 11.0 Å². The molecule has 4 aromatic rings. The SMILES string of the molecule is C[C@@H]1CCC[C@@H](C)N1C(=O)CSc1nnc(-c2ccc(Cl)cc2)n1-c1ccc(Oc2ccccc2)cc1. The summed E-state index contributed by atoms with van der Waals surface area (Å²) in [5.41, 5.74) is 1.77. The number of piperidine rings is 1. The summed E-state index contributed by atoms with van der Waals surface area (Å²) in [6.07, 6.45) is 3.27. The van der Waals surface area contributed by atoms with Crippen LogP contribution in [-0.2, 0) is 4.79 Å². The molecule has 5 rings (SSSR count). The van der Waals surface area contributed by atoms with Gasteiger partial charge in [0.1, 0.15) is 11.5 Å². The smallest absolute Gasteiger partial charge is 0.233 e. The van der Waals surface area contributed by atoms with E-state index in [-0.39, 0.29) is 18.0 Å². The third kappa shape index (κ3) is 5.84. The van der Waals surface area contributed by atoms with Crippen molar-refractivity contribution >= 4 is 29.3 Å². The molecule has 0 saturated carbocycles. The fraction of sp³-hybridized carbons (Fsp3) is 0.276. The van der Waals surface area contributed by atoms with Crippen LogP contribution in [0.4, 0.5) is 0 Å². The van der Waals surface area contributed by atoms with E-state index in [1.165, 1.54) is 18.2 Å². The first-order valence-corrected chi connectivity index (χ1v) is 13.8. The lowest BCUT2D eigenvalue weighted by molar-refractivity contribution is -0.134. The highest BCUT2D eigenvalue weighted by atomic mass is 35.5. The summed E-state index contributed by atoms with van der Waals surface area (Å²) < 4.78 is 7.95. The highest BCUT2D eigenvalue weighted by molar-refractivity contribution is 7.99. The molecule has 37 heavy (non-hydrogen) atoms. The predicted octanol–water partition coefficient (Wildman–Crippen LogP) is 7.26. The standard InChI is InChI=1S/C29H29ClN4O2S/c1-20-7-6-8-21(2)33(20)27(35)19-37-29-32-31-28(22-11-13-23(30)14-12-22)34(29)24-15-17-26(18-16-24)36-25-9-4-3-5-10-25/h3-5,9-18,20-21H,6-8,19H2,1-2H3/t20-,21-/m1/s1. The van der Waals surface area contributed by atoms with E-state index >= 15 is 0 Å². The van der Waals surface area contributed by atoms with Crippen molar-refractivity contribution in [3.05, 3.63) is 83.9 Å². The first-order chi connectivity index (χ1) is 18.0. The molecule has 6 nitrogen and oxygen atoms in total. The fourth-order valence-corrected chi connectivity index (χ4v) is 5.73. The molecule has 0 unspecified atom stereocenters. The molecule has 2 atom stereocenters. The maximum absolute atomic E-state index is 13.2. The van der Waals surface area contributed by atoms with Gasteiger partial charge >= 0.3 is 0 Å². The Balaban J connectivity index is 1.42. The molecule has 8 heteroatoms. The zero-order valence-corrected chi connectivity index (χ0v) is 22.5. The number of ether oxygens (including phenoxy) is 1. The van der Waals surface area contributed by atoms with E-state index in [4.69, 9.17) is 16.3 Å². The van der Waals surface area contributed by atoms with E-state index in [2.05, 4.69) is 24.0 Å². The Morgan fingerprint density at radius 2 is 1.57 bits per heavy atom. The van der Waals surface area contributed by atoms with Crippen LogP contribution in [0.5, 0.6) is 11.5 Å². The van der Waals surface area contributed by atoms with Crippen LogP contribution in [0, 0.1) is 0 Å². The Morgan fingerprint density at radius 3 is 2.24 bits per heavy atom. The molecule has 190 valence electrons. The van der Waals surface area contributed by atoms with E-state index in [1.807, 2.05) is 88.3 Å². The second-order valence-electron chi connectivity index (χ2n) is 9.28. The number of amides is 1. The zero-order valence-electron chi connectivity index (χ0n) is 20.9. The number of para-hydroxylation sites is 1. The number of likely N-dealkylation sites (tertiary alicyclic amines) is 1. The summed E-state index contributed by atoms with van der Waals surface area (Å²) in [4.78, 5) is 15.2. The molecular formula is C29H29ClN4O2S. The molecule has 0 radical (unpaired) electrons. The normalized spacial score (nSPS) is 17.5. The van der Waals surface area contributed by atoms with Gasteiger partial charge in [0.25, 0.3) is 0 Å². The predicted molar refractivity (Wildman–Crippen MR) is 149 cm³/mol. The number of hydrogen-bond donors (Lipinski definition) is 0. The molecular weight excluding hydrogens is 504 g/mol. The van der Waals surface area contributed by atoms with Crippen molar-refractivity contribution in [3.63, 3.8) is 0 Å². The molecule has 1 aliphatic rings. The maximum atomic E-state index is 13.2. The Morgan fingerprint density at radius 1 is 0.919 bits per heavy atom. The Hall–Kier alpha value is -3.29. The minimum Gasteiger partial charge on any atom is -0.457 e. The number of hydrogen-bond acceptors (Lipinski definition) is 5. The molecule has 1 aromatic heterocycles. The summed E-state index contributed by atoms with van der Waals surface area (Å²) in [5.74, 6) is 2.63. The molecule has 2 heterocycles. The third-order valence-electron chi connectivity index (χ3n) is 6.62. The molecule has 0 bridgehead atoms. The molecule has 0 spiro atoms. The second-order valence-corrected chi connectivity index (χ2v) is 10.7. The minimum absolute atomic E-state index is 0.138. The van der Waals surface area contributed by atoms with Gasteiger partial charge in [-0.25, -0.2) is 0 Å². The van der Waals surface area contributed by atoms with Gasteiger partial charge in [0.05, 0.1) is 5.75 Å². The number of rotatable bonds is 7. The fourth-order valence-electron chi connectivity index (χ4n) is 4.78. The maximum Gasteiger partial charge on any atom is 0.233 e. The summed E-state index contributed by atoms with van der Waals surface area (Å²) in [6.45, 7) is 4.27. The second kappa shape index (κ2) is 11.4. The van der Waals surface area contributed by atoms with Crippen LogP contribution in [0.3, 0.4) is 0 Å². The number of benzene rings is 3. The van der Waals surface area contributed by atoms with E-state index in [1.54, 1.807) is 0 Å². The van der Waals surface area contributed by atoms with Gasteiger partial charge in [-0.05, 0) is 93.8 Å². The Kier molecular flexibility index (Phi) is 7.82. The summed E-state index contributed by atoms with van der Waals surface area (Å²) >= 11 is 7.54. The first kappa shape index (κ1) is 25.4. The third-order valence-corrected chi connectivity index (χ3v) is 7.78. The molecule has 1 aliphatic heterocycles. The molecule has 0 N–H and O–H groups in total. The van der Waals surface area contributed by atoms with Crippen LogP contribution in [0.2, 0.25) is 5.02 Å². The number of carbonyl (C=O) groups is 1. The number of halogens is 1. The zero-order chi connectivity index (χ0) is 25.8. The summed E-state index contributed by atoms with van der Waals surface area (Å²) in [6, 6.07) is 25.5. The lowest BCUT2D eigenvalue weighted by Crippen LogP contribution is -2.48. The number of thioether (sulfide) groups is 1. The lowest BCUT2D eigenvalue weighted by Gasteiger charge is -2.39. The topological polar surface area (TPSA) is 60.2 Å². The molecule has 1 amide bonds. The van der Waals surface area contributed by atoms with E-state index in [0.29, 0.717) is 21.8 Å². The van der Waals surface area contributed by atoms with Gasteiger partial charge < -0.3 is 9.64 Å². The molecule has 1 fully saturated rings. The van der Waals surface area contributed by atoms with E-state index in [0.717, 1.165) is 35.6 Å². The van der Waals surface area contributed by atoms with Crippen LogP contribution in [0.1, 0.15) is 33.1 Å². The van der Waals surface area contributed by atoms with Gasteiger partial charge in [-0.1, -0.05) is 41.6 Å². The van der Waals surface area contributed by atoms with Crippen LogP contribution >= 0.6 is 23.4 Å². The van der Waals surface area contributed by atoms with Crippen molar-refractivity contribution in [3.8, 4) is 28.6 Å². The van der Waals surface area contributed by atoms with Crippen LogP contribution in [0.15, 0.2) is 84.0 Å². The lowest BCUT2D eigenvalue weighted by atomic mass is 9.98. The number of carbonyl (C=O) groups excluding carboxylic acids is 1. The Labute approximate surface area is 226 Å². The van der Waals surface area contributed by atoms with Crippen molar-refractivity contribution in [1.82, 2.24) is 19.7 Å². The Bertz CT molecular complexity index is 1330. The minimum atomic E-state index is 0.138.